The third kappa shape index (κ3) is 1.28. The maximum Gasteiger partial charge on any atom is 0.221 e. The Kier molecular flexibility index (Phi) is 2.10. The van der Waals surface area contributed by atoms with E-state index in [0.29, 0.717) is 6.42 Å². The van der Waals surface area contributed by atoms with Crippen molar-refractivity contribution in [1.82, 2.24) is 0 Å². The van der Waals surface area contributed by atoms with E-state index in [2.05, 4.69) is 0 Å². The molecule has 0 aromatic rings. The molecular formula is C11H14O4. The monoisotopic (exact) mass is 210 g/mol. The molecule has 0 aromatic heterocycles. The molecule has 0 saturated carbocycles. The summed E-state index contributed by atoms with van der Waals surface area (Å²) >= 11 is 0. The van der Waals surface area contributed by atoms with Gasteiger partial charge < -0.3 is 9.47 Å². The van der Waals surface area contributed by atoms with Crippen LogP contribution < -0.4 is 0 Å². The molecule has 0 bridgehead atoms. The van der Waals surface area contributed by atoms with Crippen LogP contribution in [0.4, 0.5) is 0 Å². The predicted molar refractivity (Wildman–Crippen MR) is 52.2 cm³/mol. The van der Waals surface area contributed by atoms with Gasteiger partial charge in [-0.05, 0) is 32.4 Å². The molecule has 82 valence electrons. The van der Waals surface area contributed by atoms with Gasteiger partial charge in [-0.2, -0.15) is 0 Å². The van der Waals surface area contributed by atoms with Crippen LogP contribution in [0.2, 0.25) is 0 Å². The van der Waals surface area contributed by atoms with Crippen molar-refractivity contribution in [3.05, 3.63) is 12.2 Å². The minimum atomic E-state index is -1.40. The van der Waals surface area contributed by atoms with E-state index < -0.39 is 17.5 Å². The number of ether oxygens (including phenoxy) is 2. The van der Waals surface area contributed by atoms with Crippen LogP contribution in [0.25, 0.3) is 0 Å². The predicted octanol–water partition coefficient (Wildman–Crippen LogP) is 0.995. The average Bonchev–Trinajstić information content (AvgIpc) is 2.59. The molecule has 0 amide bonds. The van der Waals surface area contributed by atoms with Gasteiger partial charge in [0.15, 0.2) is 17.4 Å². The Balaban J connectivity index is 2.43. The van der Waals surface area contributed by atoms with Crippen molar-refractivity contribution < 1.29 is 19.1 Å². The molecular weight excluding hydrogens is 196 g/mol. The van der Waals surface area contributed by atoms with Crippen molar-refractivity contribution in [2.24, 2.45) is 0 Å². The third-order valence-electron chi connectivity index (χ3n) is 2.78. The quantitative estimate of drug-likeness (QED) is 0.606. The van der Waals surface area contributed by atoms with Crippen LogP contribution in [-0.4, -0.2) is 29.1 Å². The summed E-state index contributed by atoms with van der Waals surface area (Å²) in [6.07, 6.45) is 2.64. The lowest BCUT2D eigenvalue weighted by Crippen LogP contribution is -2.50. The smallest absolute Gasteiger partial charge is 0.221 e. The normalized spacial score (nSPS) is 31.8. The number of carbonyl (C=O) groups excluding carboxylic acids is 2. The highest BCUT2D eigenvalue weighted by Crippen LogP contribution is 2.41. The topological polar surface area (TPSA) is 52.6 Å². The van der Waals surface area contributed by atoms with E-state index in [1.807, 2.05) is 6.92 Å². The summed E-state index contributed by atoms with van der Waals surface area (Å²) in [5.41, 5.74) is -1.40. The second-order valence-corrected chi connectivity index (χ2v) is 4.31. The number of rotatable bonds is 1. The minimum absolute atomic E-state index is 0.301. The van der Waals surface area contributed by atoms with Gasteiger partial charge in [-0.3, -0.25) is 9.59 Å². The average molecular weight is 210 g/mol. The second-order valence-electron chi connectivity index (χ2n) is 4.31. The van der Waals surface area contributed by atoms with E-state index in [0.717, 1.165) is 0 Å². The second kappa shape index (κ2) is 3.00. The fourth-order valence-corrected chi connectivity index (χ4v) is 2.21. The van der Waals surface area contributed by atoms with Gasteiger partial charge in [0.1, 0.15) is 6.10 Å². The van der Waals surface area contributed by atoms with E-state index in [9.17, 15) is 9.59 Å². The van der Waals surface area contributed by atoms with E-state index in [1.54, 1.807) is 13.8 Å². The minimum Gasteiger partial charge on any atom is -0.343 e. The van der Waals surface area contributed by atoms with Gasteiger partial charge in [0, 0.05) is 0 Å². The number of carbonyl (C=O) groups is 2. The summed E-state index contributed by atoms with van der Waals surface area (Å²) in [6.45, 7) is 5.29. The van der Waals surface area contributed by atoms with Gasteiger partial charge in [0.05, 0.1) is 0 Å². The van der Waals surface area contributed by atoms with Gasteiger partial charge in [-0.15, -0.1) is 0 Å². The highest BCUT2D eigenvalue weighted by Gasteiger charge is 2.62. The van der Waals surface area contributed by atoms with E-state index >= 15 is 0 Å². The first kappa shape index (κ1) is 10.5. The lowest BCUT2D eigenvalue weighted by molar-refractivity contribution is -0.173. The SMILES string of the molecule is CCC1OC(C)(C)OC12C(=O)C=CC2=O. The molecule has 0 N–H and O–H groups in total. The highest BCUT2D eigenvalue weighted by atomic mass is 16.8. The zero-order valence-electron chi connectivity index (χ0n) is 9.07. The fourth-order valence-electron chi connectivity index (χ4n) is 2.21. The first-order valence-electron chi connectivity index (χ1n) is 5.07. The van der Waals surface area contributed by atoms with Crippen LogP contribution in [0.3, 0.4) is 0 Å². The van der Waals surface area contributed by atoms with Crippen molar-refractivity contribution >= 4 is 11.6 Å². The van der Waals surface area contributed by atoms with Crippen molar-refractivity contribution in [2.45, 2.75) is 44.7 Å². The molecule has 2 rings (SSSR count). The molecule has 1 heterocycles. The Morgan fingerprint density at radius 2 is 1.80 bits per heavy atom. The number of hydrogen-bond acceptors (Lipinski definition) is 4. The van der Waals surface area contributed by atoms with Crippen LogP contribution >= 0.6 is 0 Å². The molecule has 1 aliphatic heterocycles. The van der Waals surface area contributed by atoms with Crippen molar-refractivity contribution in [2.75, 3.05) is 0 Å². The molecule has 1 aliphatic carbocycles. The Labute approximate surface area is 88.2 Å². The lowest BCUT2D eigenvalue weighted by atomic mass is 9.90. The number of hydrogen-bond donors (Lipinski definition) is 0. The van der Waals surface area contributed by atoms with Gasteiger partial charge >= 0.3 is 0 Å². The molecule has 4 nitrogen and oxygen atoms in total. The Bertz CT molecular complexity index is 336. The summed E-state index contributed by atoms with van der Waals surface area (Å²) in [5, 5.41) is 0. The Morgan fingerprint density at radius 1 is 1.27 bits per heavy atom. The summed E-state index contributed by atoms with van der Waals surface area (Å²) in [6, 6.07) is 0. The molecule has 15 heavy (non-hydrogen) atoms. The maximum absolute atomic E-state index is 11.8. The van der Waals surface area contributed by atoms with Crippen LogP contribution in [-0.2, 0) is 19.1 Å². The Hall–Kier alpha value is -1.00. The first-order valence-corrected chi connectivity index (χ1v) is 5.07. The number of ketones is 2. The first-order chi connectivity index (χ1) is 6.92. The van der Waals surface area contributed by atoms with Gasteiger partial charge in [0.25, 0.3) is 0 Å². The molecule has 2 aliphatic rings. The molecule has 1 fully saturated rings. The fraction of sp³-hybridized carbons (Fsp3) is 0.636. The molecule has 4 heteroatoms. The summed E-state index contributed by atoms with van der Waals surface area (Å²) in [4.78, 5) is 23.5. The standard InChI is InChI=1S/C11H14O4/c1-4-9-11(15-10(2,3)14-9)7(12)5-6-8(11)13/h5-6,9H,4H2,1-3H3. The van der Waals surface area contributed by atoms with Gasteiger partial charge in [0.2, 0.25) is 5.60 Å². The summed E-state index contributed by atoms with van der Waals surface area (Å²) in [7, 11) is 0. The Morgan fingerprint density at radius 3 is 2.27 bits per heavy atom. The molecule has 0 radical (unpaired) electrons. The van der Waals surface area contributed by atoms with Crippen LogP contribution in [0.15, 0.2) is 12.2 Å². The van der Waals surface area contributed by atoms with Crippen LogP contribution in [0.1, 0.15) is 27.2 Å². The van der Waals surface area contributed by atoms with Crippen molar-refractivity contribution in [3.63, 3.8) is 0 Å². The summed E-state index contributed by atoms with van der Waals surface area (Å²) in [5.74, 6) is -1.48. The molecule has 0 aromatic carbocycles. The van der Waals surface area contributed by atoms with Crippen LogP contribution in [0, 0.1) is 0 Å². The zero-order chi connectivity index (χ0) is 11.3. The molecule has 1 saturated heterocycles. The van der Waals surface area contributed by atoms with Crippen LogP contribution in [0.5, 0.6) is 0 Å². The van der Waals surface area contributed by atoms with Gasteiger partial charge in [-0.1, -0.05) is 6.92 Å². The van der Waals surface area contributed by atoms with E-state index in [-0.39, 0.29) is 11.6 Å². The zero-order valence-corrected chi connectivity index (χ0v) is 9.07. The van der Waals surface area contributed by atoms with E-state index in [4.69, 9.17) is 9.47 Å². The molecule has 1 unspecified atom stereocenters. The maximum atomic E-state index is 11.8. The molecule has 1 spiro atoms. The summed E-state index contributed by atoms with van der Waals surface area (Å²) < 4.78 is 11.1. The molecule has 1 atom stereocenters. The highest BCUT2D eigenvalue weighted by molar-refractivity contribution is 6.26. The lowest BCUT2D eigenvalue weighted by Gasteiger charge is -2.24. The largest absolute Gasteiger partial charge is 0.343 e. The van der Waals surface area contributed by atoms with Crippen molar-refractivity contribution in [1.29, 1.82) is 0 Å². The van der Waals surface area contributed by atoms with E-state index in [1.165, 1.54) is 12.2 Å². The third-order valence-corrected chi connectivity index (χ3v) is 2.78. The van der Waals surface area contributed by atoms with Gasteiger partial charge in [-0.25, -0.2) is 0 Å². The van der Waals surface area contributed by atoms with Crippen molar-refractivity contribution in [3.8, 4) is 0 Å².